The minimum absolute atomic E-state index is 0.00851. The Bertz CT molecular complexity index is 601. The Morgan fingerprint density at radius 3 is 2.55 bits per heavy atom. The largest absolute Gasteiger partial charge is 0.416 e. The zero-order valence-electron chi connectivity index (χ0n) is 10.4. The summed E-state index contributed by atoms with van der Waals surface area (Å²) in [6.07, 6.45) is -3.78. The van der Waals surface area contributed by atoms with Crippen molar-refractivity contribution in [3.8, 4) is 0 Å². The molecule has 1 aliphatic rings. The molecule has 1 aromatic rings. The molecule has 1 atom stereocenters. The number of benzene rings is 1. The third-order valence-corrected chi connectivity index (χ3v) is 5.70. The van der Waals surface area contributed by atoms with Crippen LogP contribution in [0.15, 0.2) is 22.7 Å². The van der Waals surface area contributed by atoms with Crippen molar-refractivity contribution in [2.75, 3.05) is 23.4 Å². The highest BCUT2D eigenvalue weighted by atomic mass is 79.9. The fraction of sp³-hybridized carbons (Fsp3) is 0.500. The van der Waals surface area contributed by atoms with Crippen LogP contribution in [0.5, 0.6) is 0 Å². The highest BCUT2D eigenvalue weighted by Gasteiger charge is 2.31. The predicted octanol–water partition coefficient (Wildman–Crippen LogP) is 3.31. The minimum atomic E-state index is -4.37. The smallest absolute Gasteiger partial charge is 0.384 e. The molecule has 1 saturated heterocycles. The van der Waals surface area contributed by atoms with E-state index in [4.69, 9.17) is 0 Å². The van der Waals surface area contributed by atoms with Gasteiger partial charge in [-0.1, -0.05) is 0 Å². The third-order valence-electron chi connectivity index (χ3n) is 3.20. The lowest BCUT2D eigenvalue weighted by Crippen LogP contribution is -2.16. The van der Waals surface area contributed by atoms with Crippen LogP contribution >= 0.6 is 15.9 Å². The maximum Gasteiger partial charge on any atom is 0.416 e. The molecule has 0 aliphatic carbocycles. The zero-order chi connectivity index (χ0) is 15.0. The quantitative estimate of drug-likeness (QED) is 0.886. The second kappa shape index (κ2) is 5.55. The van der Waals surface area contributed by atoms with Gasteiger partial charge in [-0.15, -0.1) is 0 Å². The predicted molar refractivity (Wildman–Crippen MR) is 74.4 cm³/mol. The molecule has 0 amide bonds. The second-order valence-electron chi connectivity index (χ2n) is 4.84. The summed E-state index contributed by atoms with van der Waals surface area (Å²) in [5.74, 6) is 0.334. The standard InChI is InChI=1S/C12H13BrF3NO2S/c13-10-5-9(12(14,15)16)1-2-11(10)17-6-8-3-4-20(18,19)7-8/h1-2,5,8,17H,3-4,6-7H2. The monoisotopic (exact) mass is 371 g/mol. The van der Waals surface area contributed by atoms with Crippen LogP contribution in [-0.4, -0.2) is 26.5 Å². The molecule has 2 rings (SSSR count). The maximum atomic E-state index is 12.5. The van der Waals surface area contributed by atoms with E-state index < -0.39 is 21.6 Å². The zero-order valence-corrected chi connectivity index (χ0v) is 12.8. The van der Waals surface area contributed by atoms with E-state index in [1.165, 1.54) is 6.07 Å². The fourth-order valence-electron chi connectivity index (χ4n) is 2.12. The highest BCUT2D eigenvalue weighted by molar-refractivity contribution is 9.10. The number of anilines is 1. The van der Waals surface area contributed by atoms with Gasteiger partial charge in [-0.05, 0) is 46.5 Å². The van der Waals surface area contributed by atoms with Gasteiger partial charge >= 0.3 is 6.18 Å². The lowest BCUT2D eigenvalue weighted by molar-refractivity contribution is -0.137. The number of sulfone groups is 1. The summed E-state index contributed by atoms with van der Waals surface area (Å²) >= 11 is 3.09. The molecule has 1 fully saturated rings. The Hall–Kier alpha value is -0.760. The van der Waals surface area contributed by atoms with Gasteiger partial charge in [0.1, 0.15) is 0 Å². The average Bonchev–Trinajstić information content (AvgIpc) is 2.66. The van der Waals surface area contributed by atoms with Crippen LogP contribution in [-0.2, 0) is 16.0 Å². The number of halogens is 4. The van der Waals surface area contributed by atoms with Crippen molar-refractivity contribution < 1.29 is 21.6 Å². The van der Waals surface area contributed by atoms with Gasteiger partial charge in [-0.3, -0.25) is 0 Å². The number of nitrogens with one attached hydrogen (secondary N) is 1. The van der Waals surface area contributed by atoms with E-state index in [2.05, 4.69) is 21.2 Å². The molecule has 0 radical (unpaired) electrons. The normalized spacial score (nSPS) is 21.9. The molecule has 0 saturated carbocycles. The Kier molecular flexibility index (Phi) is 4.34. The molecule has 0 aromatic heterocycles. The third kappa shape index (κ3) is 3.88. The van der Waals surface area contributed by atoms with E-state index in [1.54, 1.807) is 0 Å². The lowest BCUT2D eigenvalue weighted by Gasteiger charge is -2.14. The van der Waals surface area contributed by atoms with Crippen LogP contribution in [0.2, 0.25) is 0 Å². The van der Waals surface area contributed by atoms with E-state index >= 15 is 0 Å². The van der Waals surface area contributed by atoms with Crippen LogP contribution < -0.4 is 5.32 Å². The van der Waals surface area contributed by atoms with E-state index in [1.807, 2.05) is 0 Å². The van der Waals surface area contributed by atoms with Crippen molar-refractivity contribution in [3.05, 3.63) is 28.2 Å². The SMILES string of the molecule is O=S1(=O)CCC(CNc2ccc(C(F)(F)F)cc2Br)C1. The van der Waals surface area contributed by atoms with Gasteiger partial charge in [0.2, 0.25) is 0 Å². The molecule has 112 valence electrons. The Labute approximate surface area is 123 Å². The summed E-state index contributed by atoms with van der Waals surface area (Å²) in [5, 5.41) is 2.99. The van der Waals surface area contributed by atoms with Crippen LogP contribution in [0, 0.1) is 5.92 Å². The molecule has 1 aliphatic heterocycles. The summed E-state index contributed by atoms with van der Waals surface area (Å²) in [5.41, 5.74) is -0.194. The molecule has 3 nitrogen and oxygen atoms in total. The van der Waals surface area contributed by atoms with Crippen LogP contribution in [0.25, 0.3) is 0 Å². The number of hydrogen-bond donors (Lipinski definition) is 1. The summed E-state index contributed by atoms with van der Waals surface area (Å²) < 4.78 is 60.5. The van der Waals surface area contributed by atoms with Crippen molar-refractivity contribution in [3.63, 3.8) is 0 Å². The molecule has 0 bridgehead atoms. The summed E-state index contributed by atoms with van der Waals surface area (Å²) in [7, 11) is -2.94. The van der Waals surface area contributed by atoms with E-state index in [0.29, 0.717) is 23.1 Å². The fourth-order valence-corrected chi connectivity index (χ4v) is 4.50. The molecule has 1 heterocycles. The van der Waals surface area contributed by atoms with Gasteiger partial charge < -0.3 is 5.32 Å². The first kappa shape index (κ1) is 15.6. The second-order valence-corrected chi connectivity index (χ2v) is 7.93. The van der Waals surface area contributed by atoms with E-state index in [9.17, 15) is 21.6 Å². The summed E-state index contributed by atoms with van der Waals surface area (Å²) in [4.78, 5) is 0. The van der Waals surface area contributed by atoms with Gasteiger partial charge in [0.25, 0.3) is 0 Å². The highest BCUT2D eigenvalue weighted by Crippen LogP contribution is 2.34. The molecule has 8 heteroatoms. The lowest BCUT2D eigenvalue weighted by atomic mass is 10.1. The van der Waals surface area contributed by atoms with E-state index in [0.717, 1.165) is 12.1 Å². The van der Waals surface area contributed by atoms with Crippen LogP contribution in [0.4, 0.5) is 18.9 Å². The van der Waals surface area contributed by atoms with Gasteiger partial charge in [-0.2, -0.15) is 13.2 Å². The number of rotatable bonds is 3. The van der Waals surface area contributed by atoms with Gasteiger partial charge in [0.05, 0.1) is 17.1 Å². The Balaban J connectivity index is 2.01. The Morgan fingerprint density at radius 1 is 1.35 bits per heavy atom. The van der Waals surface area contributed by atoms with Crippen LogP contribution in [0.3, 0.4) is 0 Å². The summed E-state index contributed by atoms with van der Waals surface area (Å²) in [6.45, 7) is 0.434. The first-order chi connectivity index (χ1) is 9.17. The molecule has 1 unspecified atom stereocenters. The van der Waals surface area contributed by atoms with E-state index in [-0.39, 0.29) is 17.4 Å². The molecule has 1 aromatic carbocycles. The van der Waals surface area contributed by atoms with Crippen molar-refractivity contribution in [1.82, 2.24) is 0 Å². The van der Waals surface area contributed by atoms with Crippen molar-refractivity contribution in [2.24, 2.45) is 5.92 Å². The van der Waals surface area contributed by atoms with Gasteiger partial charge in [0, 0.05) is 16.7 Å². The number of alkyl halides is 3. The Morgan fingerprint density at radius 2 is 2.05 bits per heavy atom. The minimum Gasteiger partial charge on any atom is -0.384 e. The molecule has 1 N–H and O–H groups in total. The molecule has 20 heavy (non-hydrogen) atoms. The van der Waals surface area contributed by atoms with Crippen LogP contribution in [0.1, 0.15) is 12.0 Å². The van der Waals surface area contributed by atoms with Gasteiger partial charge in [0.15, 0.2) is 9.84 Å². The number of hydrogen-bond acceptors (Lipinski definition) is 3. The van der Waals surface area contributed by atoms with Gasteiger partial charge in [-0.25, -0.2) is 8.42 Å². The van der Waals surface area contributed by atoms with Crippen molar-refractivity contribution >= 4 is 31.5 Å². The first-order valence-corrected chi connectivity index (χ1v) is 8.60. The molecule has 0 spiro atoms. The van der Waals surface area contributed by atoms with Crippen molar-refractivity contribution in [1.29, 1.82) is 0 Å². The maximum absolute atomic E-state index is 12.5. The first-order valence-electron chi connectivity index (χ1n) is 5.98. The molecular weight excluding hydrogens is 359 g/mol. The average molecular weight is 372 g/mol. The summed E-state index contributed by atoms with van der Waals surface area (Å²) in [6, 6.07) is 3.35. The topological polar surface area (TPSA) is 46.2 Å². The molecular formula is C12H13BrF3NO2S. The van der Waals surface area contributed by atoms with Crippen molar-refractivity contribution in [2.45, 2.75) is 12.6 Å².